The molecule has 0 radical (unpaired) electrons. The van der Waals surface area contributed by atoms with E-state index >= 15 is 0 Å². The van der Waals surface area contributed by atoms with E-state index in [1.54, 1.807) is 0 Å². The third kappa shape index (κ3) is 3.50. The first kappa shape index (κ1) is 17.4. The van der Waals surface area contributed by atoms with E-state index < -0.39 is 0 Å². The van der Waals surface area contributed by atoms with Crippen molar-refractivity contribution in [2.75, 3.05) is 6.61 Å². The fraction of sp³-hybridized carbons (Fsp3) is 0.182. The standard InChI is InChI=1S/C22H21O2P/c1-4-24-22(23)21-19(17-11-7-5-8-12-17)15(2)16(3)20(25-21)18-13-9-6-10-14-18/h5-14H,4H2,1-3H3. The second kappa shape index (κ2) is 7.63. The van der Waals surface area contributed by atoms with Gasteiger partial charge in [0.25, 0.3) is 0 Å². The lowest BCUT2D eigenvalue weighted by Gasteiger charge is -2.18. The second-order valence-corrected chi connectivity index (χ2v) is 7.00. The molecule has 3 rings (SSSR count). The molecule has 0 amide bonds. The minimum absolute atomic E-state index is 0.233. The molecule has 0 bridgehead atoms. The number of esters is 1. The largest absolute Gasteiger partial charge is 0.462 e. The van der Waals surface area contributed by atoms with Gasteiger partial charge in [-0.1, -0.05) is 68.9 Å². The van der Waals surface area contributed by atoms with Crippen molar-refractivity contribution in [1.82, 2.24) is 0 Å². The SMILES string of the molecule is CCOC(=O)c1pc(-c2ccccc2)c(C)c(C)c1-c1ccccc1. The summed E-state index contributed by atoms with van der Waals surface area (Å²) >= 11 is 0. The van der Waals surface area contributed by atoms with Gasteiger partial charge in [0.1, 0.15) is 0 Å². The van der Waals surface area contributed by atoms with E-state index in [1.807, 2.05) is 55.5 Å². The highest BCUT2D eigenvalue weighted by Gasteiger charge is 2.21. The fourth-order valence-corrected chi connectivity index (χ4v) is 4.38. The van der Waals surface area contributed by atoms with Crippen molar-refractivity contribution in [2.45, 2.75) is 20.8 Å². The summed E-state index contributed by atoms with van der Waals surface area (Å²) in [5, 5.41) is 1.89. The van der Waals surface area contributed by atoms with Crippen LogP contribution in [0.5, 0.6) is 0 Å². The van der Waals surface area contributed by atoms with Crippen molar-refractivity contribution in [3.63, 3.8) is 0 Å². The molecule has 0 aliphatic rings. The van der Waals surface area contributed by atoms with E-state index in [0.29, 0.717) is 6.61 Å². The molecule has 1 heterocycles. The summed E-state index contributed by atoms with van der Waals surface area (Å²) in [7, 11) is 0.899. The third-order valence-electron chi connectivity index (χ3n) is 4.33. The van der Waals surface area contributed by atoms with Crippen LogP contribution >= 0.6 is 8.19 Å². The Balaban J connectivity index is 2.28. The van der Waals surface area contributed by atoms with Gasteiger partial charge < -0.3 is 4.74 Å². The monoisotopic (exact) mass is 348 g/mol. The first-order valence-corrected chi connectivity index (χ1v) is 9.32. The molecule has 0 fully saturated rings. The van der Waals surface area contributed by atoms with Crippen LogP contribution in [0.4, 0.5) is 0 Å². The van der Waals surface area contributed by atoms with E-state index in [2.05, 4.69) is 26.0 Å². The number of hydrogen-bond donors (Lipinski definition) is 0. The zero-order chi connectivity index (χ0) is 17.8. The lowest BCUT2D eigenvalue weighted by atomic mass is 9.96. The van der Waals surface area contributed by atoms with Crippen LogP contribution in [0.15, 0.2) is 60.7 Å². The number of carbonyl (C=O) groups excluding carboxylic acids is 1. The highest BCUT2D eigenvalue weighted by molar-refractivity contribution is 7.36. The molecule has 0 unspecified atom stereocenters. The average molecular weight is 348 g/mol. The first-order valence-electron chi connectivity index (χ1n) is 8.42. The Morgan fingerprint density at radius 2 is 1.44 bits per heavy atom. The minimum atomic E-state index is -0.233. The molecular formula is C22H21O2P. The summed E-state index contributed by atoms with van der Waals surface area (Å²) in [6.45, 7) is 6.45. The van der Waals surface area contributed by atoms with Gasteiger partial charge in [-0.25, -0.2) is 4.79 Å². The Bertz CT molecular complexity index is 887. The van der Waals surface area contributed by atoms with E-state index in [0.717, 1.165) is 35.7 Å². The average Bonchev–Trinajstić information content (AvgIpc) is 2.65. The molecular weight excluding hydrogens is 327 g/mol. The Labute approximate surface area is 150 Å². The summed E-state index contributed by atoms with van der Waals surface area (Å²) in [5.74, 6) is -0.233. The van der Waals surface area contributed by atoms with Gasteiger partial charge in [0.2, 0.25) is 0 Å². The van der Waals surface area contributed by atoms with Crippen LogP contribution in [-0.2, 0) is 4.74 Å². The van der Waals surface area contributed by atoms with Gasteiger partial charge in [0, 0.05) is 10.9 Å². The molecule has 0 spiro atoms. The predicted octanol–water partition coefficient (Wildman–Crippen LogP) is 6.39. The number of ether oxygens (including phenoxy) is 1. The van der Waals surface area contributed by atoms with Crippen molar-refractivity contribution in [2.24, 2.45) is 0 Å². The van der Waals surface area contributed by atoms with Gasteiger partial charge in [-0.3, -0.25) is 0 Å². The van der Waals surface area contributed by atoms with Gasteiger partial charge >= 0.3 is 5.97 Å². The predicted molar refractivity (Wildman–Crippen MR) is 105 cm³/mol. The Morgan fingerprint density at radius 3 is 2.00 bits per heavy atom. The molecule has 0 saturated heterocycles. The van der Waals surface area contributed by atoms with Crippen molar-refractivity contribution < 1.29 is 9.53 Å². The maximum atomic E-state index is 12.7. The highest BCUT2D eigenvalue weighted by Crippen LogP contribution is 2.43. The van der Waals surface area contributed by atoms with E-state index in [9.17, 15) is 4.79 Å². The normalized spacial score (nSPS) is 10.8. The number of benzene rings is 2. The Hall–Kier alpha value is -2.44. The summed E-state index contributed by atoms with van der Waals surface area (Å²) in [5.41, 5.74) is 5.56. The lowest BCUT2D eigenvalue weighted by molar-refractivity contribution is 0.0533. The summed E-state index contributed by atoms with van der Waals surface area (Å²) in [6, 6.07) is 20.3. The van der Waals surface area contributed by atoms with Crippen LogP contribution in [0, 0.1) is 13.8 Å². The third-order valence-corrected chi connectivity index (χ3v) is 5.78. The lowest BCUT2D eigenvalue weighted by Crippen LogP contribution is -2.07. The molecule has 0 N–H and O–H groups in total. The fourth-order valence-electron chi connectivity index (χ4n) is 2.98. The highest BCUT2D eigenvalue weighted by atomic mass is 31.0. The maximum absolute atomic E-state index is 12.7. The first-order chi connectivity index (χ1) is 12.1. The molecule has 0 aliphatic carbocycles. The Kier molecular flexibility index (Phi) is 5.31. The molecule has 1 aromatic heterocycles. The summed E-state index contributed by atoms with van der Waals surface area (Å²) < 4.78 is 5.36. The zero-order valence-corrected chi connectivity index (χ0v) is 15.6. The summed E-state index contributed by atoms with van der Waals surface area (Å²) in [4.78, 5) is 12.7. The Morgan fingerprint density at radius 1 is 0.880 bits per heavy atom. The van der Waals surface area contributed by atoms with Crippen LogP contribution < -0.4 is 0 Å². The van der Waals surface area contributed by atoms with Crippen LogP contribution in [0.25, 0.3) is 22.0 Å². The van der Waals surface area contributed by atoms with Crippen LogP contribution in [0.2, 0.25) is 0 Å². The minimum Gasteiger partial charge on any atom is -0.462 e. The molecule has 0 atom stereocenters. The second-order valence-electron chi connectivity index (χ2n) is 5.89. The number of hydrogen-bond acceptors (Lipinski definition) is 2. The topological polar surface area (TPSA) is 26.3 Å². The number of rotatable bonds is 4. The molecule has 25 heavy (non-hydrogen) atoms. The molecule has 126 valence electrons. The number of carbonyl (C=O) groups is 1. The molecule has 3 aromatic rings. The van der Waals surface area contributed by atoms with Crippen molar-refractivity contribution in [1.29, 1.82) is 0 Å². The summed E-state index contributed by atoms with van der Waals surface area (Å²) in [6.07, 6.45) is 0. The molecule has 2 aromatic carbocycles. The van der Waals surface area contributed by atoms with E-state index in [4.69, 9.17) is 4.74 Å². The quantitative estimate of drug-likeness (QED) is 0.510. The maximum Gasteiger partial charge on any atom is 0.343 e. The zero-order valence-electron chi connectivity index (χ0n) is 14.7. The van der Waals surface area contributed by atoms with Crippen LogP contribution in [0.1, 0.15) is 28.1 Å². The van der Waals surface area contributed by atoms with Gasteiger partial charge in [0.15, 0.2) is 0 Å². The molecule has 0 saturated carbocycles. The van der Waals surface area contributed by atoms with E-state index in [-0.39, 0.29) is 5.97 Å². The van der Waals surface area contributed by atoms with E-state index in [1.165, 1.54) is 10.9 Å². The van der Waals surface area contributed by atoms with Gasteiger partial charge in [0.05, 0.1) is 11.9 Å². The van der Waals surface area contributed by atoms with Crippen LogP contribution in [-0.4, -0.2) is 12.6 Å². The van der Waals surface area contributed by atoms with Gasteiger partial charge in [-0.05, 0) is 43.0 Å². The smallest absolute Gasteiger partial charge is 0.343 e. The molecule has 2 nitrogen and oxygen atoms in total. The van der Waals surface area contributed by atoms with Gasteiger partial charge in [-0.2, -0.15) is 0 Å². The van der Waals surface area contributed by atoms with Crippen molar-refractivity contribution >= 4 is 14.2 Å². The van der Waals surface area contributed by atoms with Crippen LogP contribution in [0.3, 0.4) is 0 Å². The molecule has 0 aliphatic heterocycles. The molecule has 3 heteroatoms. The van der Waals surface area contributed by atoms with Crippen molar-refractivity contribution in [3.8, 4) is 22.0 Å². The van der Waals surface area contributed by atoms with Gasteiger partial charge in [-0.15, -0.1) is 0 Å². The van der Waals surface area contributed by atoms with Crippen molar-refractivity contribution in [3.05, 3.63) is 77.1 Å².